The Morgan fingerprint density at radius 1 is 1.16 bits per heavy atom. The lowest BCUT2D eigenvalue weighted by Gasteiger charge is -2.08. The van der Waals surface area contributed by atoms with Gasteiger partial charge in [0.1, 0.15) is 5.75 Å². The van der Waals surface area contributed by atoms with Gasteiger partial charge in [-0.1, -0.05) is 0 Å². The molecule has 1 aliphatic heterocycles. The Bertz CT molecular complexity index is 863. The van der Waals surface area contributed by atoms with E-state index < -0.39 is 0 Å². The molecule has 0 bridgehead atoms. The second-order valence-corrected chi connectivity index (χ2v) is 6.09. The van der Waals surface area contributed by atoms with Crippen LogP contribution in [0, 0.1) is 0 Å². The molecule has 0 aliphatic carbocycles. The Morgan fingerprint density at radius 2 is 1.92 bits per heavy atom. The van der Waals surface area contributed by atoms with Crippen LogP contribution in [0.2, 0.25) is 0 Å². The number of hydrogen-bond acceptors (Lipinski definition) is 6. The van der Waals surface area contributed by atoms with Crippen LogP contribution in [0.25, 0.3) is 6.08 Å². The maximum Gasteiger partial charge on any atom is 0.231 e. The molecule has 7 heteroatoms. The van der Waals surface area contributed by atoms with E-state index in [0.29, 0.717) is 38.7 Å². The van der Waals surface area contributed by atoms with E-state index in [9.17, 15) is 4.79 Å². The second kappa shape index (κ2) is 7.06. The van der Waals surface area contributed by atoms with Crippen molar-refractivity contribution in [2.75, 3.05) is 26.7 Å². The fraction of sp³-hybridized carbons (Fsp3) is 0.167. The highest BCUT2D eigenvalue weighted by molar-refractivity contribution is 9.12. The summed E-state index contributed by atoms with van der Waals surface area (Å²) in [6, 6.07) is 8.45. The lowest BCUT2D eigenvalue weighted by molar-refractivity contribution is 0.104. The number of ether oxygens (including phenoxy) is 4. The predicted octanol–water partition coefficient (Wildman–Crippen LogP) is 3.63. The van der Waals surface area contributed by atoms with E-state index in [1.165, 1.54) is 7.11 Å². The number of nitrogens with two attached hydrogens (primary N) is 1. The number of methoxy groups -OCH3 is 2. The first kappa shape index (κ1) is 17.2. The number of carbonyl (C=O) groups is 1. The van der Waals surface area contributed by atoms with Gasteiger partial charge in [-0.3, -0.25) is 4.79 Å². The largest absolute Gasteiger partial charge is 0.495 e. The van der Waals surface area contributed by atoms with Crippen molar-refractivity contribution in [3.8, 4) is 23.0 Å². The average molecular weight is 406 g/mol. The van der Waals surface area contributed by atoms with Crippen LogP contribution >= 0.6 is 15.9 Å². The molecule has 6 nitrogen and oxygen atoms in total. The van der Waals surface area contributed by atoms with Crippen LogP contribution in [0.4, 0.5) is 5.69 Å². The highest BCUT2D eigenvalue weighted by Crippen LogP contribution is 2.42. The van der Waals surface area contributed by atoms with Gasteiger partial charge in [-0.2, -0.15) is 0 Å². The quantitative estimate of drug-likeness (QED) is 0.464. The van der Waals surface area contributed by atoms with Crippen molar-refractivity contribution in [3.05, 3.63) is 45.9 Å². The maximum absolute atomic E-state index is 12.6. The van der Waals surface area contributed by atoms with E-state index in [0.717, 1.165) is 5.56 Å². The van der Waals surface area contributed by atoms with Crippen LogP contribution in [0.5, 0.6) is 23.0 Å². The smallest absolute Gasteiger partial charge is 0.231 e. The minimum absolute atomic E-state index is 0.143. The van der Waals surface area contributed by atoms with Gasteiger partial charge in [-0.15, -0.1) is 0 Å². The third kappa shape index (κ3) is 3.41. The normalized spacial score (nSPS) is 12.8. The highest BCUT2D eigenvalue weighted by atomic mass is 79.9. The lowest BCUT2D eigenvalue weighted by atomic mass is 10.1. The van der Waals surface area contributed by atoms with E-state index in [1.54, 1.807) is 43.5 Å². The molecule has 0 radical (unpaired) electrons. The first-order chi connectivity index (χ1) is 12.0. The zero-order valence-corrected chi connectivity index (χ0v) is 15.3. The summed E-state index contributed by atoms with van der Waals surface area (Å²) < 4.78 is 21.5. The summed E-state index contributed by atoms with van der Waals surface area (Å²) in [7, 11) is 3.07. The van der Waals surface area contributed by atoms with Gasteiger partial charge in [0.05, 0.1) is 24.4 Å². The number of halogens is 1. The van der Waals surface area contributed by atoms with E-state index >= 15 is 0 Å². The van der Waals surface area contributed by atoms with E-state index in [1.807, 2.05) is 0 Å². The third-order valence-corrected chi connectivity index (χ3v) is 4.27. The van der Waals surface area contributed by atoms with Gasteiger partial charge in [0.2, 0.25) is 12.5 Å². The second-order valence-electron chi connectivity index (χ2n) is 5.24. The number of anilines is 1. The average Bonchev–Trinajstić information content (AvgIpc) is 3.08. The van der Waals surface area contributed by atoms with Gasteiger partial charge < -0.3 is 24.7 Å². The fourth-order valence-corrected chi connectivity index (χ4v) is 2.95. The molecule has 0 fully saturated rings. The molecule has 0 atom stereocenters. The first-order valence-electron chi connectivity index (χ1n) is 7.36. The molecule has 3 rings (SSSR count). The fourth-order valence-electron chi connectivity index (χ4n) is 2.46. The molecule has 2 aromatic carbocycles. The Balaban J connectivity index is 1.91. The monoisotopic (exact) mass is 405 g/mol. The maximum atomic E-state index is 12.6. The van der Waals surface area contributed by atoms with Crippen LogP contribution in [-0.2, 0) is 0 Å². The molecule has 2 aromatic rings. The molecule has 0 unspecified atom stereocenters. The van der Waals surface area contributed by atoms with Crippen molar-refractivity contribution >= 4 is 33.5 Å². The minimum atomic E-state index is -0.203. The minimum Gasteiger partial charge on any atom is -0.495 e. The Morgan fingerprint density at radius 3 is 2.60 bits per heavy atom. The number of carbonyl (C=O) groups excluding carboxylic acids is 1. The Kier molecular flexibility index (Phi) is 4.85. The molecule has 0 aromatic heterocycles. The summed E-state index contributed by atoms with van der Waals surface area (Å²) in [6.07, 6.45) is 1.69. The summed E-state index contributed by atoms with van der Waals surface area (Å²) in [4.78, 5) is 12.6. The first-order valence-corrected chi connectivity index (χ1v) is 8.16. The third-order valence-electron chi connectivity index (χ3n) is 3.68. The Labute approximate surface area is 153 Å². The molecular formula is C18H16BrNO5. The number of rotatable bonds is 5. The molecule has 2 N–H and O–H groups in total. The number of hydrogen-bond donors (Lipinski definition) is 1. The summed E-state index contributed by atoms with van der Waals surface area (Å²) in [5.74, 6) is 2.00. The number of Topliss-reactive ketones (excluding diaryl/α,β-unsaturated/α-hetero) is 1. The van der Waals surface area contributed by atoms with Crippen LogP contribution < -0.4 is 24.7 Å². The molecule has 0 spiro atoms. The summed E-state index contributed by atoms with van der Waals surface area (Å²) >= 11 is 3.33. The van der Waals surface area contributed by atoms with Crippen molar-refractivity contribution in [2.45, 2.75) is 0 Å². The van der Waals surface area contributed by atoms with Crippen molar-refractivity contribution in [3.63, 3.8) is 0 Å². The van der Waals surface area contributed by atoms with Crippen molar-refractivity contribution in [1.82, 2.24) is 0 Å². The van der Waals surface area contributed by atoms with Gasteiger partial charge in [-0.05, 0) is 57.9 Å². The number of nitrogen functional groups attached to an aromatic ring is 1. The van der Waals surface area contributed by atoms with E-state index in [-0.39, 0.29) is 12.6 Å². The van der Waals surface area contributed by atoms with Crippen molar-refractivity contribution in [1.29, 1.82) is 0 Å². The molecule has 1 heterocycles. The van der Waals surface area contributed by atoms with E-state index in [2.05, 4.69) is 15.9 Å². The van der Waals surface area contributed by atoms with Gasteiger partial charge in [-0.25, -0.2) is 0 Å². The topological polar surface area (TPSA) is 80.0 Å². The molecular weight excluding hydrogens is 390 g/mol. The number of fused-ring (bicyclic) bond motifs is 1. The molecule has 0 amide bonds. The predicted molar refractivity (Wildman–Crippen MR) is 97.8 cm³/mol. The summed E-state index contributed by atoms with van der Waals surface area (Å²) in [5.41, 5.74) is 7.46. The highest BCUT2D eigenvalue weighted by Gasteiger charge is 2.20. The van der Waals surface area contributed by atoms with Crippen LogP contribution in [-0.4, -0.2) is 26.8 Å². The lowest BCUT2D eigenvalue weighted by Crippen LogP contribution is -2.01. The number of allylic oxidation sites excluding steroid dienone is 1. The molecule has 1 aliphatic rings. The van der Waals surface area contributed by atoms with Crippen LogP contribution in [0.1, 0.15) is 15.9 Å². The van der Waals surface area contributed by atoms with Crippen LogP contribution in [0.15, 0.2) is 34.8 Å². The zero-order chi connectivity index (χ0) is 18.0. The molecule has 25 heavy (non-hydrogen) atoms. The van der Waals surface area contributed by atoms with Crippen molar-refractivity contribution < 1.29 is 23.7 Å². The molecule has 130 valence electrons. The summed E-state index contributed by atoms with van der Waals surface area (Å²) in [5, 5.41) is 0. The Hall–Kier alpha value is -2.67. The van der Waals surface area contributed by atoms with Gasteiger partial charge in [0.25, 0.3) is 0 Å². The van der Waals surface area contributed by atoms with Gasteiger partial charge in [0.15, 0.2) is 17.3 Å². The van der Waals surface area contributed by atoms with Gasteiger partial charge in [0, 0.05) is 5.56 Å². The van der Waals surface area contributed by atoms with Crippen LogP contribution in [0.3, 0.4) is 0 Å². The zero-order valence-electron chi connectivity index (χ0n) is 13.7. The van der Waals surface area contributed by atoms with E-state index in [4.69, 9.17) is 24.7 Å². The number of benzene rings is 2. The van der Waals surface area contributed by atoms with Gasteiger partial charge >= 0.3 is 0 Å². The molecule has 0 saturated carbocycles. The standard InChI is InChI=1S/C18H16BrNO5/c1-22-14-4-3-11(8-13(14)20)17(21)12(19)5-10-6-15(23-2)18-16(7-10)24-9-25-18/h3-8H,9,20H2,1-2H3. The number of ketones is 1. The SMILES string of the molecule is COc1ccc(C(=O)C(Br)=Cc2cc(OC)c3c(c2)OCO3)cc1N. The summed E-state index contributed by atoms with van der Waals surface area (Å²) in [6.45, 7) is 0.143. The van der Waals surface area contributed by atoms with Crippen molar-refractivity contribution in [2.24, 2.45) is 0 Å². The molecule has 0 saturated heterocycles.